The number of hydrogen-bond acceptors (Lipinski definition) is 4. The summed E-state index contributed by atoms with van der Waals surface area (Å²) in [6, 6.07) is 27.6. The summed E-state index contributed by atoms with van der Waals surface area (Å²) in [6.45, 7) is 7.71. The van der Waals surface area contributed by atoms with E-state index in [-0.39, 0.29) is 0 Å². The van der Waals surface area contributed by atoms with E-state index in [2.05, 4.69) is 40.8 Å². The van der Waals surface area contributed by atoms with Crippen LogP contribution in [0.5, 0.6) is 11.5 Å². The van der Waals surface area contributed by atoms with Gasteiger partial charge in [-0.25, -0.2) is 0 Å². The summed E-state index contributed by atoms with van der Waals surface area (Å²) in [5, 5.41) is 13.7. The lowest BCUT2D eigenvalue weighted by Crippen LogP contribution is -2.06. The van der Waals surface area contributed by atoms with Crippen LogP contribution in [0.15, 0.2) is 84.9 Å². The lowest BCUT2D eigenvalue weighted by molar-refractivity contribution is 0.111. The van der Waals surface area contributed by atoms with Gasteiger partial charge in [-0.3, -0.25) is 0 Å². The number of alkyl halides is 1. The highest BCUT2D eigenvalue weighted by Gasteiger charge is 2.00. The molecule has 4 nitrogen and oxygen atoms in total. The number of benzene rings is 4. The molecule has 0 aliphatic heterocycles. The van der Waals surface area contributed by atoms with E-state index in [1.165, 1.54) is 5.39 Å². The van der Waals surface area contributed by atoms with Crippen LogP contribution in [0.25, 0.3) is 21.5 Å². The summed E-state index contributed by atoms with van der Waals surface area (Å²) >= 11 is 2.29. The van der Waals surface area contributed by atoms with Crippen LogP contribution in [0.1, 0.15) is 13.8 Å². The highest BCUT2D eigenvalue weighted by atomic mass is 127. The van der Waals surface area contributed by atoms with Crippen LogP contribution in [0, 0.1) is 0 Å². The number of phenolic OH excluding ortho intramolecular Hbond substituents is 1. The molecule has 0 aromatic heterocycles. The van der Waals surface area contributed by atoms with Crippen molar-refractivity contribution < 1.29 is 19.3 Å². The summed E-state index contributed by atoms with van der Waals surface area (Å²) in [6.07, 6.45) is 0. The Morgan fingerprint density at radius 1 is 0.636 bits per heavy atom. The highest BCUT2D eigenvalue weighted by molar-refractivity contribution is 14.1. The van der Waals surface area contributed by atoms with Crippen molar-refractivity contribution in [2.24, 2.45) is 0 Å². The number of fused-ring (bicyclic) bond motifs is 2. The number of phenols is 1. The minimum Gasteiger partial charge on any atom is -0.507 e. The van der Waals surface area contributed by atoms with Crippen LogP contribution in [0.4, 0.5) is 0 Å². The van der Waals surface area contributed by atoms with Crippen molar-refractivity contribution in [3.8, 4) is 11.5 Å². The number of ether oxygens (including phenoxy) is 3. The van der Waals surface area contributed by atoms with Gasteiger partial charge in [-0.15, -0.1) is 0 Å². The minimum absolute atomic E-state index is 0.350. The van der Waals surface area contributed by atoms with Gasteiger partial charge in [0.25, 0.3) is 0 Å². The molecule has 0 saturated heterocycles. The fourth-order valence-electron chi connectivity index (χ4n) is 3.08. The van der Waals surface area contributed by atoms with Gasteiger partial charge in [0.05, 0.1) is 13.2 Å². The van der Waals surface area contributed by atoms with Crippen molar-refractivity contribution in [3.63, 3.8) is 0 Å². The van der Waals surface area contributed by atoms with Crippen molar-refractivity contribution in [1.29, 1.82) is 0 Å². The highest BCUT2D eigenvalue weighted by Crippen LogP contribution is 2.25. The SMILES string of the molecule is CCOCCI.CCOCCOc1cccc2ccccc12.Oc1cccc2ccccc12. The van der Waals surface area contributed by atoms with Gasteiger partial charge in [-0.05, 0) is 36.8 Å². The molecule has 176 valence electrons. The molecule has 0 saturated carbocycles. The zero-order chi connectivity index (χ0) is 23.7. The Hall–Kier alpha value is -2.35. The molecule has 4 aromatic rings. The molecule has 0 aliphatic rings. The third-order valence-corrected chi connectivity index (χ3v) is 5.07. The Bertz CT molecular complexity index is 1050. The first-order valence-corrected chi connectivity index (χ1v) is 12.7. The van der Waals surface area contributed by atoms with E-state index in [9.17, 15) is 5.11 Å². The number of hydrogen-bond donors (Lipinski definition) is 1. The third-order valence-electron chi connectivity index (χ3n) is 4.63. The largest absolute Gasteiger partial charge is 0.507 e. The molecule has 0 bridgehead atoms. The molecule has 5 heteroatoms. The van der Waals surface area contributed by atoms with Gasteiger partial charge in [0, 0.05) is 28.4 Å². The van der Waals surface area contributed by atoms with Gasteiger partial charge in [0.1, 0.15) is 18.1 Å². The van der Waals surface area contributed by atoms with Gasteiger partial charge in [0.2, 0.25) is 0 Å². The predicted octanol–water partition coefficient (Wildman–Crippen LogP) is 7.26. The Morgan fingerprint density at radius 3 is 1.79 bits per heavy atom. The van der Waals surface area contributed by atoms with Crippen LogP contribution in [-0.2, 0) is 9.47 Å². The second-order valence-corrected chi connectivity index (χ2v) is 7.99. The molecule has 0 fully saturated rings. The molecular weight excluding hydrogens is 527 g/mol. The molecule has 0 unspecified atom stereocenters. The first-order valence-electron chi connectivity index (χ1n) is 11.2. The van der Waals surface area contributed by atoms with E-state index in [1.807, 2.05) is 74.5 Å². The average Bonchev–Trinajstić information content (AvgIpc) is 2.86. The maximum Gasteiger partial charge on any atom is 0.127 e. The summed E-state index contributed by atoms with van der Waals surface area (Å²) in [5.74, 6) is 1.28. The summed E-state index contributed by atoms with van der Waals surface area (Å²) < 4.78 is 17.0. The van der Waals surface area contributed by atoms with Gasteiger partial charge < -0.3 is 19.3 Å². The van der Waals surface area contributed by atoms with Crippen LogP contribution >= 0.6 is 22.6 Å². The third kappa shape index (κ3) is 9.58. The molecule has 4 aromatic carbocycles. The fraction of sp³-hybridized carbons (Fsp3) is 0.286. The molecule has 1 N–H and O–H groups in total. The lowest BCUT2D eigenvalue weighted by Gasteiger charge is -2.08. The molecule has 0 heterocycles. The van der Waals surface area contributed by atoms with Gasteiger partial charge in [0.15, 0.2) is 0 Å². The summed E-state index contributed by atoms with van der Waals surface area (Å²) in [5.41, 5.74) is 0. The first-order chi connectivity index (χ1) is 16.2. The standard InChI is InChI=1S/C14H16O2.C10H8O.C4H9IO/c1-2-15-10-11-16-14-9-5-7-12-6-3-4-8-13(12)14;11-10-7-3-5-8-4-1-2-6-9(8)10;1-2-6-4-3-5/h3-9H,2,10-11H2,1H3;1-7,11H;2-4H2,1H3. The second kappa shape index (κ2) is 16.3. The van der Waals surface area contributed by atoms with Crippen molar-refractivity contribution in [3.05, 3.63) is 84.9 Å². The van der Waals surface area contributed by atoms with Crippen molar-refractivity contribution in [2.45, 2.75) is 13.8 Å². The molecule has 4 rings (SSSR count). The number of rotatable bonds is 8. The normalized spacial score (nSPS) is 10.2. The zero-order valence-electron chi connectivity index (χ0n) is 19.4. The summed E-state index contributed by atoms with van der Waals surface area (Å²) in [4.78, 5) is 0. The van der Waals surface area contributed by atoms with Gasteiger partial charge >= 0.3 is 0 Å². The fourth-order valence-corrected chi connectivity index (χ4v) is 3.40. The van der Waals surface area contributed by atoms with Gasteiger partial charge in [-0.1, -0.05) is 95.4 Å². The molecule has 0 spiro atoms. The van der Waals surface area contributed by atoms with E-state index >= 15 is 0 Å². The lowest BCUT2D eigenvalue weighted by atomic mass is 10.1. The maximum atomic E-state index is 9.37. The Balaban J connectivity index is 0.000000196. The molecule has 0 amide bonds. The number of halogens is 1. The molecule has 0 atom stereocenters. The Morgan fingerprint density at radius 2 is 1.18 bits per heavy atom. The Kier molecular flexibility index (Phi) is 13.3. The number of aromatic hydroxyl groups is 1. The smallest absolute Gasteiger partial charge is 0.127 e. The van der Waals surface area contributed by atoms with Crippen molar-refractivity contribution in [2.75, 3.05) is 37.5 Å². The predicted molar refractivity (Wildman–Crippen MR) is 147 cm³/mol. The van der Waals surface area contributed by atoms with E-state index in [1.54, 1.807) is 6.07 Å². The maximum absolute atomic E-state index is 9.37. The van der Waals surface area contributed by atoms with E-state index in [4.69, 9.17) is 14.2 Å². The molecule has 33 heavy (non-hydrogen) atoms. The quantitative estimate of drug-likeness (QED) is 0.140. The van der Waals surface area contributed by atoms with Gasteiger partial charge in [-0.2, -0.15) is 0 Å². The molecule has 0 aliphatic carbocycles. The van der Waals surface area contributed by atoms with Crippen LogP contribution in [0.3, 0.4) is 0 Å². The zero-order valence-corrected chi connectivity index (χ0v) is 21.5. The molecular formula is C28H33IO4. The minimum atomic E-state index is 0.350. The monoisotopic (exact) mass is 560 g/mol. The molecule has 0 radical (unpaired) electrons. The van der Waals surface area contributed by atoms with Crippen LogP contribution in [0.2, 0.25) is 0 Å². The van der Waals surface area contributed by atoms with E-state index < -0.39 is 0 Å². The topological polar surface area (TPSA) is 47.9 Å². The van der Waals surface area contributed by atoms with E-state index in [0.717, 1.165) is 46.2 Å². The second-order valence-electron chi connectivity index (χ2n) is 6.91. The van der Waals surface area contributed by atoms with Crippen LogP contribution in [-0.4, -0.2) is 42.6 Å². The Labute approximate surface area is 210 Å². The summed E-state index contributed by atoms with van der Waals surface area (Å²) in [7, 11) is 0. The first kappa shape index (κ1) is 26.9. The van der Waals surface area contributed by atoms with E-state index in [0.29, 0.717) is 19.0 Å². The average molecular weight is 560 g/mol. The van der Waals surface area contributed by atoms with Crippen LogP contribution < -0.4 is 4.74 Å². The van der Waals surface area contributed by atoms with Crippen molar-refractivity contribution in [1.82, 2.24) is 0 Å². The van der Waals surface area contributed by atoms with Crippen molar-refractivity contribution >= 4 is 44.1 Å².